The molecule has 1 aliphatic rings. The number of rotatable bonds is 1. The zero-order chi connectivity index (χ0) is 5.11. The number of aliphatic hydroxyl groups is 2. The summed E-state index contributed by atoms with van der Waals surface area (Å²) >= 11 is 0. The molecule has 0 bridgehead atoms. The Kier molecular flexibility index (Phi) is 1.65. The fourth-order valence-electron chi connectivity index (χ4n) is 0.884. The molecule has 0 aromatic heterocycles. The lowest BCUT2D eigenvalue weighted by Crippen LogP contribution is -2.20. The Bertz CT molecular complexity index is 50.0. The van der Waals surface area contributed by atoms with Crippen molar-refractivity contribution in [2.45, 2.75) is 18.9 Å². The highest BCUT2D eigenvalue weighted by Gasteiger charge is 2.17. The van der Waals surface area contributed by atoms with Crippen LogP contribution in [0.4, 0.5) is 0 Å². The van der Waals surface area contributed by atoms with Crippen molar-refractivity contribution in [2.24, 2.45) is 5.73 Å². The van der Waals surface area contributed by atoms with Crippen LogP contribution in [0.2, 0.25) is 0 Å². The summed E-state index contributed by atoms with van der Waals surface area (Å²) in [5.41, 5.74) is 5.34. The van der Waals surface area contributed by atoms with Gasteiger partial charge >= 0.3 is 0 Å². The number of ether oxygens (including phenoxy) is 1. The Hall–Kier alpha value is -0.0800. The molecule has 1 fully saturated rings. The van der Waals surface area contributed by atoms with E-state index < -0.39 is 0 Å². The van der Waals surface area contributed by atoms with Crippen molar-refractivity contribution in [1.29, 1.82) is 0 Å². The van der Waals surface area contributed by atoms with Gasteiger partial charge in [-0.15, -0.1) is 0 Å². The Morgan fingerprint density at radius 3 is 2.86 bits per heavy atom. The van der Waals surface area contributed by atoms with Crippen LogP contribution in [0.25, 0.3) is 0 Å². The van der Waals surface area contributed by atoms with E-state index in [1.807, 2.05) is 0 Å². The van der Waals surface area contributed by atoms with E-state index in [4.69, 9.17) is 5.73 Å². The Morgan fingerprint density at radius 1 is 1.71 bits per heavy atom. The average molecular weight is 102 g/mol. The van der Waals surface area contributed by atoms with Crippen molar-refractivity contribution in [3.8, 4) is 0 Å². The van der Waals surface area contributed by atoms with E-state index >= 15 is 0 Å². The minimum atomic E-state index is 0.500. The summed E-state index contributed by atoms with van der Waals surface area (Å²) in [6.07, 6.45) is 2.97. The van der Waals surface area contributed by atoms with Gasteiger partial charge in [-0.1, -0.05) is 0 Å². The summed E-state index contributed by atoms with van der Waals surface area (Å²) < 4.78 is 4.23. The summed E-state index contributed by atoms with van der Waals surface area (Å²) in [6, 6.07) is 0. The molecular weight excluding hydrogens is 90.1 g/mol. The lowest BCUT2D eigenvalue weighted by Gasteiger charge is -1.97. The molecule has 0 aliphatic carbocycles. The molecule has 42 valence electrons. The first-order chi connectivity index (χ1) is 3.43. The minimum absolute atomic E-state index is 0.500. The molecule has 1 aliphatic heterocycles. The molecule has 2 nitrogen and oxygen atoms in total. The molecule has 0 radical (unpaired) electrons. The van der Waals surface area contributed by atoms with Gasteiger partial charge in [-0.3, -0.25) is 0 Å². The van der Waals surface area contributed by atoms with E-state index in [2.05, 4.69) is 4.74 Å². The Balaban J connectivity index is 2.14. The molecule has 0 spiro atoms. The maximum Gasteiger partial charge on any atom is 0.167 e. The molecule has 0 aromatic rings. The van der Waals surface area contributed by atoms with Gasteiger partial charge in [0.2, 0.25) is 0 Å². The van der Waals surface area contributed by atoms with E-state index in [-0.39, 0.29) is 0 Å². The monoisotopic (exact) mass is 102 g/mol. The molecule has 2 heteroatoms. The van der Waals surface area contributed by atoms with E-state index in [9.17, 15) is 0 Å². The van der Waals surface area contributed by atoms with Crippen LogP contribution in [-0.4, -0.2) is 24.0 Å². The van der Waals surface area contributed by atoms with Crippen LogP contribution in [0.5, 0.6) is 0 Å². The number of hydrogen-bond donors (Lipinski definition) is 1. The quantitative estimate of drug-likeness (QED) is 0.451. The molecule has 1 rings (SSSR count). The second kappa shape index (κ2) is 2.28. The Morgan fingerprint density at radius 2 is 2.57 bits per heavy atom. The Labute approximate surface area is 43.6 Å². The third kappa shape index (κ3) is 1.14. The third-order valence-electron chi connectivity index (χ3n) is 1.35. The van der Waals surface area contributed by atoms with Crippen LogP contribution in [0.15, 0.2) is 0 Å². The van der Waals surface area contributed by atoms with Crippen molar-refractivity contribution in [3.05, 3.63) is 0 Å². The molecule has 3 N–H and O–H groups in total. The van der Waals surface area contributed by atoms with Crippen LogP contribution >= 0.6 is 0 Å². The van der Waals surface area contributed by atoms with Crippen molar-refractivity contribution in [1.82, 2.24) is 0 Å². The molecular formula is C5H12NO+. The van der Waals surface area contributed by atoms with Crippen molar-refractivity contribution < 1.29 is 4.74 Å². The molecule has 7 heavy (non-hydrogen) atoms. The van der Waals surface area contributed by atoms with Gasteiger partial charge in [-0.25, -0.2) is 0 Å². The molecule has 1 heterocycles. The van der Waals surface area contributed by atoms with E-state index in [0.717, 1.165) is 13.2 Å². The van der Waals surface area contributed by atoms with Crippen LogP contribution in [0, 0.1) is 0 Å². The largest absolute Gasteiger partial charge is 0.430 e. The third-order valence-corrected chi connectivity index (χ3v) is 1.35. The maximum atomic E-state index is 5.34. The molecule has 0 aromatic carbocycles. The lowest BCUT2D eigenvalue weighted by atomic mass is 10.2. The van der Waals surface area contributed by atoms with Crippen molar-refractivity contribution in [3.63, 3.8) is 0 Å². The highest BCUT2D eigenvalue weighted by Crippen LogP contribution is 2.05. The van der Waals surface area contributed by atoms with Gasteiger partial charge in [0, 0.05) is 12.8 Å². The normalized spacial score (nSPS) is 31.3. The number of nitrogens with two attached hydrogens (primary N) is 1. The summed E-state index contributed by atoms with van der Waals surface area (Å²) in [5.74, 6) is 0. The van der Waals surface area contributed by atoms with Crippen LogP contribution in [0.3, 0.4) is 0 Å². The van der Waals surface area contributed by atoms with Crippen molar-refractivity contribution >= 4 is 0 Å². The fraction of sp³-hybridized carbons (Fsp3) is 1.00. The summed E-state index contributed by atoms with van der Waals surface area (Å²) in [4.78, 5) is 0. The SMILES string of the molecule is NCC1CCC[OH+]1. The van der Waals surface area contributed by atoms with Gasteiger partial charge in [0.1, 0.15) is 6.61 Å². The zero-order valence-electron chi connectivity index (χ0n) is 4.43. The van der Waals surface area contributed by atoms with Crippen LogP contribution in [0.1, 0.15) is 12.8 Å². The molecule has 1 unspecified atom stereocenters. The predicted octanol–water partition coefficient (Wildman–Crippen LogP) is -0.365. The van der Waals surface area contributed by atoms with Gasteiger partial charge in [0.05, 0.1) is 6.54 Å². The molecule has 1 atom stereocenters. The van der Waals surface area contributed by atoms with Gasteiger partial charge in [0.15, 0.2) is 6.10 Å². The van der Waals surface area contributed by atoms with Crippen LogP contribution in [-0.2, 0) is 0 Å². The summed E-state index contributed by atoms with van der Waals surface area (Å²) in [6.45, 7) is 1.79. The fourth-order valence-corrected chi connectivity index (χ4v) is 0.884. The standard InChI is InChI=1S/C5H11NO/c6-4-5-2-1-3-7-5/h5H,1-4,6H2/p+1. The highest BCUT2D eigenvalue weighted by atomic mass is 16.5. The van der Waals surface area contributed by atoms with E-state index in [0.29, 0.717) is 6.10 Å². The van der Waals surface area contributed by atoms with Crippen molar-refractivity contribution in [2.75, 3.05) is 13.2 Å². The topological polar surface area (TPSA) is 38.8 Å². The van der Waals surface area contributed by atoms with Crippen LogP contribution < -0.4 is 5.73 Å². The molecule has 0 amide bonds. The first-order valence-electron chi connectivity index (χ1n) is 2.80. The smallest absolute Gasteiger partial charge is 0.167 e. The maximum absolute atomic E-state index is 5.34. The van der Waals surface area contributed by atoms with E-state index in [1.165, 1.54) is 12.8 Å². The predicted molar refractivity (Wildman–Crippen MR) is 29.2 cm³/mol. The minimum Gasteiger partial charge on any atom is -0.430 e. The summed E-state index contributed by atoms with van der Waals surface area (Å²) in [7, 11) is 0. The zero-order valence-corrected chi connectivity index (χ0v) is 4.43. The second-order valence-electron chi connectivity index (χ2n) is 1.94. The first-order valence-corrected chi connectivity index (χ1v) is 2.80. The highest BCUT2D eigenvalue weighted by molar-refractivity contribution is 4.62. The van der Waals surface area contributed by atoms with Gasteiger partial charge in [-0.2, -0.15) is 0 Å². The average Bonchev–Trinajstić information content (AvgIpc) is 2.14. The first kappa shape index (κ1) is 5.06. The van der Waals surface area contributed by atoms with Gasteiger partial charge in [-0.05, 0) is 0 Å². The lowest BCUT2D eigenvalue weighted by molar-refractivity contribution is -0.0532. The molecule has 1 saturated heterocycles. The summed E-state index contributed by atoms with van der Waals surface area (Å²) in [5, 5.41) is 0. The number of hydrogen-bond acceptors (Lipinski definition) is 1. The van der Waals surface area contributed by atoms with Gasteiger partial charge < -0.3 is 10.5 Å². The van der Waals surface area contributed by atoms with Gasteiger partial charge in [0.25, 0.3) is 0 Å². The van der Waals surface area contributed by atoms with E-state index in [1.54, 1.807) is 0 Å². The molecule has 0 saturated carbocycles. The second-order valence-corrected chi connectivity index (χ2v) is 1.94.